The summed E-state index contributed by atoms with van der Waals surface area (Å²) in [6.07, 6.45) is 8.11. The van der Waals surface area contributed by atoms with Crippen molar-refractivity contribution in [1.29, 1.82) is 0 Å². The maximum Gasteiger partial charge on any atom is 0.243 e. The van der Waals surface area contributed by atoms with Gasteiger partial charge in [0.05, 0.1) is 0 Å². The van der Waals surface area contributed by atoms with Gasteiger partial charge in [-0.1, -0.05) is 111 Å². The van der Waals surface area contributed by atoms with Crippen LogP contribution in [0.2, 0.25) is 0 Å². The molecule has 1 saturated carbocycles. The van der Waals surface area contributed by atoms with E-state index in [2.05, 4.69) is 36.5 Å². The van der Waals surface area contributed by atoms with Crippen LogP contribution in [0.5, 0.6) is 0 Å². The van der Waals surface area contributed by atoms with Crippen LogP contribution in [-0.4, -0.2) is 28.8 Å². The predicted molar refractivity (Wildman–Crippen MR) is 150 cm³/mol. The molecule has 1 atom stereocenters. The number of amides is 2. The van der Waals surface area contributed by atoms with Gasteiger partial charge >= 0.3 is 0 Å². The number of hydrogen-bond donors (Lipinski definition) is 1. The van der Waals surface area contributed by atoms with E-state index in [1.807, 2.05) is 65.6 Å². The van der Waals surface area contributed by atoms with Crippen LogP contribution in [0.4, 0.5) is 0 Å². The highest BCUT2D eigenvalue weighted by Crippen LogP contribution is 2.20. The van der Waals surface area contributed by atoms with Gasteiger partial charge in [0.25, 0.3) is 0 Å². The molecule has 0 saturated heterocycles. The van der Waals surface area contributed by atoms with Crippen LogP contribution in [0.3, 0.4) is 0 Å². The molecule has 4 rings (SSSR count). The number of carbonyl (C=O) groups excluding carboxylic acids is 2. The van der Waals surface area contributed by atoms with Gasteiger partial charge in [0.1, 0.15) is 6.04 Å². The molecule has 1 aliphatic rings. The second-order valence-electron chi connectivity index (χ2n) is 10.2. The Kier molecular flexibility index (Phi) is 9.93. The number of hydrogen-bond acceptors (Lipinski definition) is 2. The SMILES string of the molecule is CCc1ccc(CCC(=O)N(Cc2ccccc2)[C@@H](Cc2ccccc2)C(=O)NC2CCCCC2)cc1. The molecule has 2 amide bonds. The summed E-state index contributed by atoms with van der Waals surface area (Å²) >= 11 is 0. The first-order chi connectivity index (χ1) is 18.1. The molecule has 0 aromatic heterocycles. The van der Waals surface area contributed by atoms with Gasteiger partial charge in [-0.05, 0) is 47.9 Å². The van der Waals surface area contributed by atoms with Crippen molar-refractivity contribution in [3.05, 3.63) is 107 Å². The van der Waals surface area contributed by atoms with Crippen molar-refractivity contribution in [2.45, 2.75) is 83.3 Å². The lowest BCUT2D eigenvalue weighted by Crippen LogP contribution is -2.52. The highest BCUT2D eigenvalue weighted by molar-refractivity contribution is 5.88. The van der Waals surface area contributed by atoms with Crippen molar-refractivity contribution < 1.29 is 9.59 Å². The molecular weight excluding hydrogens is 456 g/mol. The molecule has 4 heteroatoms. The fraction of sp³-hybridized carbons (Fsp3) is 0.394. The summed E-state index contributed by atoms with van der Waals surface area (Å²) < 4.78 is 0. The van der Waals surface area contributed by atoms with Crippen LogP contribution in [0.1, 0.15) is 67.7 Å². The summed E-state index contributed by atoms with van der Waals surface area (Å²) in [7, 11) is 0. The normalized spacial score (nSPS) is 14.6. The lowest BCUT2D eigenvalue weighted by atomic mass is 9.94. The summed E-state index contributed by atoms with van der Waals surface area (Å²) in [5, 5.41) is 3.31. The van der Waals surface area contributed by atoms with Crippen LogP contribution in [0.25, 0.3) is 0 Å². The zero-order chi connectivity index (χ0) is 25.9. The number of carbonyl (C=O) groups is 2. The molecule has 0 heterocycles. The van der Waals surface area contributed by atoms with Gasteiger partial charge in [-0.15, -0.1) is 0 Å². The smallest absolute Gasteiger partial charge is 0.243 e. The lowest BCUT2D eigenvalue weighted by molar-refractivity contribution is -0.141. The zero-order valence-corrected chi connectivity index (χ0v) is 22.1. The van der Waals surface area contributed by atoms with E-state index < -0.39 is 6.04 Å². The van der Waals surface area contributed by atoms with Gasteiger partial charge in [-0.25, -0.2) is 0 Å². The topological polar surface area (TPSA) is 49.4 Å². The molecule has 194 valence electrons. The number of aryl methyl sites for hydroxylation is 2. The zero-order valence-electron chi connectivity index (χ0n) is 22.1. The van der Waals surface area contributed by atoms with E-state index in [0.29, 0.717) is 25.8 Å². The molecule has 0 spiro atoms. The number of rotatable bonds is 11. The number of nitrogens with zero attached hydrogens (tertiary/aromatic N) is 1. The van der Waals surface area contributed by atoms with Gasteiger partial charge in [0, 0.05) is 25.4 Å². The van der Waals surface area contributed by atoms with Gasteiger partial charge in [-0.3, -0.25) is 9.59 Å². The standard InChI is InChI=1S/C33H40N2O2/c1-2-26-18-20-27(21-19-26)22-23-32(36)35(25-29-14-8-4-9-15-29)31(24-28-12-6-3-7-13-28)33(37)34-30-16-10-5-11-17-30/h3-4,6-9,12-15,18-21,30-31H,2,5,10-11,16-17,22-25H2,1H3,(H,34,37)/t31-/m0/s1. The van der Waals surface area contributed by atoms with Crippen LogP contribution in [0.15, 0.2) is 84.9 Å². The van der Waals surface area contributed by atoms with Crippen molar-refractivity contribution in [2.75, 3.05) is 0 Å². The van der Waals surface area contributed by atoms with Crippen molar-refractivity contribution in [3.8, 4) is 0 Å². The summed E-state index contributed by atoms with van der Waals surface area (Å²) in [5.41, 5.74) is 4.54. The molecule has 0 unspecified atom stereocenters. The Morgan fingerprint density at radius 2 is 1.38 bits per heavy atom. The maximum absolute atomic E-state index is 13.8. The molecule has 0 radical (unpaired) electrons. The quantitative estimate of drug-likeness (QED) is 0.340. The maximum atomic E-state index is 13.8. The van der Waals surface area contributed by atoms with Crippen molar-refractivity contribution in [3.63, 3.8) is 0 Å². The van der Waals surface area contributed by atoms with Crippen LogP contribution in [0, 0.1) is 0 Å². The van der Waals surface area contributed by atoms with E-state index in [9.17, 15) is 9.59 Å². The van der Waals surface area contributed by atoms with Crippen molar-refractivity contribution in [1.82, 2.24) is 10.2 Å². The summed E-state index contributed by atoms with van der Waals surface area (Å²) in [5.74, 6) is -0.0181. The third-order valence-electron chi connectivity index (χ3n) is 7.48. The second kappa shape index (κ2) is 13.8. The van der Waals surface area contributed by atoms with E-state index in [1.54, 1.807) is 0 Å². The third-order valence-corrected chi connectivity index (χ3v) is 7.48. The first kappa shape index (κ1) is 26.7. The minimum Gasteiger partial charge on any atom is -0.352 e. The monoisotopic (exact) mass is 496 g/mol. The fourth-order valence-electron chi connectivity index (χ4n) is 5.21. The molecule has 4 nitrogen and oxygen atoms in total. The molecule has 1 aliphatic carbocycles. The van der Waals surface area contributed by atoms with E-state index in [4.69, 9.17) is 0 Å². The van der Waals surface area contributed by atoms with Gasteiger partial charge < -0.3 is 10.2 Å². The number of nitrogens with one attached hydrogen (secondary N) is 1. The van der Waals surface area contributed by atoms with Crippen LogP contribution >= 0.6 is 0 Å². The number of benzene rings is 3. The average molecular weight is 497 g/mol. The Hall–Kier alpha value is -3.40. The summed E-state index contributed by atoms with van der Waals surface area (Å²) in [6, 6.07) is 28.2. The van der Waals surface area contributed by atoms with E-state index >= 15 is 0 Å². The molecule has 3 aromatic carbocycles. The molecular formula is C33H40N2O2. The predicted octanol–water partition coefficient (Wildman–Crippen LogP) is 6.27. The van der Waals surface area contributed by atoms with E-state index in [-0.39, 0.29) is 17.9 Å². The van der Waals surface area contributed by atoms with Crippen molar-refractivity contribution >= 4 is 11.8 Å². The van der Waals surface area contributed by atoms with Crippen LogP contribution < -0.4 is 5.32 Å². The van der Waals surface area contributed by atoms with Crippen LogP contribution in [-0.2, 0) is 35.4 Å². The Morgan fingerprint density at radius 3 is 2.00 bits per heavy atom. The Morgan fingerprint density at radius 1 is 0.784 bits per heavy atom. The third kappa shape index (κ3) is 8.04. The fourth-order valence-corrected chi connectivity index (χ4v) is 5.21. The first-order valence-electron chi connectivity index (χ1n) is 13.9. The highest BCUT2D eigenvalue weighted by Gasteiger charge is 2.31. The molecule has 1 fully saturated rings. The van der Waals surface area contributed by atoms with Gasteiger partial charge in [0.2, 0.25) is 11.8 Å². The summed E-state index contributed by atoms with van der Waals surface area (Å²) in [4.78, 5) is 29.4. The van der Waals surface area contributed by atoms with Gasteiger partial charge in [-0.2, -0.15) is 0 Å². The Balaban J connectivity index is 1.57. The van der Waals surface area contributed by atoms with Gasteiger partial charge in [0.15, 0.2) is 0 Å². The molecule has 37 heavy (non-hydrogen) atoms. The highest BCUT2D eigenvalue weighted by atomic mass is 16.2. The second-order valence-corrected chi connectivity index (χ2v) is 10.2. The largest absolute Gasteiger partial charge is 0.352 e. The average Bonchev–Trinajstić information content (AvgIpc) is 2.95. The molecule has 3 aromatic rings. The Labute approximate surface area is 222 Å². The molecule has 0 aliphatic heterocycles. The lowest BCUT2D eigenvalue weighted by Gasteiger charge is -2.33. The first-order valence-corrected chi connectivity index (χ1v) is 13.9. The summed E-state index contributed by atoms with van der Waals surface area (Å²) in [6.45, 7) is 2.56. The minimum absolute atomic E-state index is 0.0168. The molecule has 0 bridgehead atoms. The van der Waals surface area contributed by atoms with E-state index in [0.717, 1.165) is 48.8 Å². The van der Waals surface area contributed by atoms with Crippen molar-refractivity contribution in [2.24, 2.45) is 0 Å². The molecule has 1 N–H and O–H groups in total. The Bertz CT molecular complexity index is 1110. The van der Waals surface area contributed by atoms with E-state index in [1.165, 1.54) is 12.0 Å². The minimum atomic E-state index is -0.556.